The van der Waals surface area contributed by atoms with Crippen molar-refractivity contribution >= 4 is 80.5 Å². The van der Waals surface area contributed by atoms with Gasteiger partial charge in [0.15, 0.2) is 10.9 Å². The lowest BCUT2D eigenvalue weighted by atomic mass is 9.89. The largest absolute Gasteiger partial charge is 0.378 e. The zero-order chi connectivity index (χ0) is 41.5. The summed E-state index contributed by atoms with van der Waals surface area (Å²) in [5.41, 5.74) is 1.48. The number of carbonyl (C=O) groups excluding carboxylic acids is 4. The molecule has 308 valence electrons. The van der Waals surface area contributed by atoms with E-state index in [0.717, 1.165) is 62.6 Å². The number of fused-ring (bicyclic) bond motifs is 1. The molecule has 4 heterocycles. The van der Waals surface area contributed by atoms with E-state index in [0.29, 0.717) is 52.5 Å². The van der Waals surface area contributed by atoms with Gasteiger partial charge in [-0.15, -0.1) is 0 Å². The second-order valence-corrected chi connectivity index (χ2v) is 17.4. The minimum Gasteiger partial charge on any atom is -0.378 e. The SMILES string of the molecule is C[C@@H]1CN(CCCOC2CCC(N3C(=S)N(c4ccc(C#N)c(Cl)c4)C(=O)C3(C)C)CC2)C[C@H](C)N1CC(=O)Nc1cccc2c(N3CCC(=O)CC3=O)nn(C)c12. The molecule has 3 aliphatic heterocycles. The summed E-state index contributed by atoms with van der Waals surface area (Å²) in [5.74, 6) is -0.0228. The first-order valence-corrected chi connectivity index (χ1v) is 21.0. The number of nitrogens with one attached hydrogen (secondary N) is 1. The van der Waals surface area contributed by atoms with Crippen LogP contribution in [0.25, 0.3) is 10.9 Å². The van der Waals surface area contributed by atoms with E-state index >= 15 is 0 Å². The number of benzene rings is 2. The molecule has 2 atom stereocenters. The van der Waals surface area contributed by atoms with Crippen LogP contribution in [-0.4, -0.2) is 122 Å². The number of anilines is 3. The van der Waals surface area contributed by atoms with Gasteiger partial charge < -0.3 is 19.9 Å². The Morgan fingerprint density at radius 1 is 1.09 bits per heavy atom. The van der Waals surface area contributed by atoms with Crippen LogP contribution in [0.2, 0.25) is 5.02 Å². The normalized spacial score (nSPS) is 24.5. The maximum absolute atomic E-state index is 13.6. The maximum atomic E-state index is 13.6. The van der Waals surface area contributed by atoms with Crippen LogP contribution in [0.15, 0.2) is 36.4 Å². The Morgan fingerprint density at radius 2 is 1.81 bits per heavy atom. The van der Waals surface area contributed by atoms with Crippen LogP contribution < -0.4 is 15.1 Å². The van der Waals surface area contributed by atoms with Gasteiger partial charge in [-0.3, -0.25) is 38.6 Å². The van der Waals surface area contributed by atoms with Crippen molar-refractivity contribution in [3.8, 4) is 6.07 Å². The van der Waals surface area contributed by atoms with E-state index in [-0.39, 0.29) is 60.7 Å². The number of piperidine rings is 1. The summed E-state index contributed by atoms with van der Waals surface area (Å²) in [7, 11) is 1.79. The number of ether oxygens (including phenoxy) is 1. The average molecular weight is 830 g/mol. The number of aromatic nitrogens is 2. The molecule has 1 aromatic heterocycles. The third kappa shape index (κ3) is 8.22. The van der Waals surface area contributed by atoms with Crippen LogP contribution in [0, 0.1) is 11.3 Å². The summed E-state index contributed by atoms with van der Waals surface area (Å²) >= 11 is 12.2. The zero-order valence-corrected chi connectivity index (χ0v) is 35.4. The number of aryl methyl sites for hydroxylation is 1. The number of para-hydroxylation sites is 1. The monoisotopic (exact) mass is 829 g/mol. The number of rotatable bonds is 11. The fourth-order valence-corrected chi connectivity index (χ4v) is 10.0. The minimum atomic E-state index is -0.808. The molecule has 0 spiro atoms. The Balaban J connectivity index is 0.853. The molecule has 58 heavy (non-hydrogen) atoms. The van der Waals surface area contributed by atoms with Gasteiger partial charge in [0.2, 0.25) is 11.8 Å². The van der Waals surface area contributed by atoms with E-state index in [1.807, 2.05) is 32.0 Å². The van der Waals surface area contributed by atoms with E-state index in [1.165, 1.54) is 0 Å². The van der Waals surface area contributed by atoms with Crippen molar-refractivity contribution in [2.45, 2.75) is 102 Å². The molecule has 4 aliphatic rings. The Kier molecular flexibility index (Phi) is 12.2. The topological polar surface area (TPSA) is 147 Å². The standard InChI is InChI=1S/C42H52ClN9O5S/c1-26-23-48(24-27(2)50(26)25-36(54)45-35-9-6-8-33-38(35)47(5)46-39(33)49-18-16-31(53)21-37(49)55)17-7-19-57-32-14-12-29(13-15-32)52-41(58)51(40(56)42(52,3)4)30-11-10-28(22-44)34(43)20-30/h6,8-11,20,26-27,29,32H,7,12-19,21,23-25H2,1-5H3,(H,45,54)/t26-,27+,29?,32?. The first-order chi connectivity index (χ1) is 27.7. The van der Waals surface area contributed by atoms with Crippen molar-refractivity contribution in [2.24, 2.45) is 7.05 Å². The molecular weight excluding hydrogens is 778 g/mol. The van der Waals surface area contributed by atoms with Crippen LogP contribution in [-0.2, 0) is 31.0 Å². The average Bonchev–Trinajstić information content (AvgIpc) is 3.60. The van der Waals surface area contributed by atoms with Gasteiger partial charge in [-0.1, -0.05) is 17.7 Å². The molecule has 14 nitrogen and oxygen atoms in total. The first kappa shape index (κ1) is 41.7. The smallest absolute Gasteiger partial charge is 0.258 e. The van der Waals surface area contributed by atoms with Crippen molar-refractivity contribution in [3.05, 3.63) is 47.0 Å². The molecule has 3 amide bonds. The molecule has 1 N–H and O–H groups in total. The summed E-state index contributed by atoms with van der Waals surface area (Å²) in [4.78, 5) is 61.5. The summed E-state index contributed by atoms with van der Waals surface area (Å²) in [5, 5.41) is 18.5. The predicted molar refractivity (Wildman–Crippen MR) is 227 cm³/mol. The Bertz CT molecular complexity index is 2150. The number of Topliss-reactive ketones (excluding diaryl/α,β-unsaturated/α-hetero) is 1. The van der Waals surface area contributed by atoms with Crippen molar-refractivity contribution in [1.29, 1.82) is 5.26 Å². The van der Waals surface area contributed by atoms with E-state index in [4.69, 9.17) is 28.6 Å². The molecule has 3 saturated heterocycles. The van der Waals surface area contributed by atoms with Crippen molar-refractivity contribution < 1.29 is 23.9 Å². The highest BCUT2D eigenvalue weighted by Crippen LogP contribution is 2.39. The third-order valence-electron chi connectivity index (χ3n) is 12.2. The highest BCUT2D eigenvalue weighted by molar-refractivity contribution is 7.80. The summed E-state index contributed by atoms with van der Waals surface area (Å²) in [6, 6.07) is 13.1. The lowest BCUT2D eigenvalue weighted by Gasteiger charge is -2.44. The first-order valence-electron chi connectivity index (χ1n) is 20.2. The molecule has 3 aromatic rings. The van der Waals surface area contributed by atoms with Gasteiger partial charge in [0.05, 0.1) is 46.5 Å². The number of hydrogen-bond donors (Lipinski definition) is 1. The van der Waals surface area contributed by atoms with Gasteiger partial charge in [0, 0.05) is 69.8 Å². The van der Waals surface area contributed by atoms with Crippen LogP contribution in [0.1, 0.15) is 78.2 Å². The molecule has 0 unspecified atom stereocenters. The number of thiocarbonyl (C=S) groups is 1. The molecule has 1 aliphatic carbocycles. The van der Waals surface area contributed by atoms with E-state index in [1.54, 1.807) is 39.7 Å². The number of amides is 3. The van der Waals surface area contributed by atoms with Crippen LogP contribution >= 0.6 is 23.8 Å². The lowest BCUT2D eigenvalue weighted by Crippen LogP contribution is -2.58. The lowest BCUT2D eigenvalue weighted by molar-refractivity contribution is -0.129. The highest BCUT2D eigenvalue weighted by atomic mass is 35.5. The van der Waals surface area contributed by atoms with Crippen molar-refractivity contribution in [2.75, 3.05) is 54.4 Å². The second-order valence-electron chi connectivity index (χ2n) is 16.6. The molecule has 0 radical (unpaired) electrons. The van der Waals surface area contributed by atoms with Crippen LogP contribution in [0.3, 0.4) is 0 Å². The summed E-state index contributed by atoms with van der Waals surface area (Å²) in [6.45, 7) is 12.0. The van der Waals surface area contributed by atoms with Gasteiger partial charge in [0.25, 0.3) is 5.91 Å². The fraction of sp³-hybridized carbons (Fsp3) is 0.548. The Hall–Kier alpha value is -4.46. The Labute approximate surface area is 350 Å². The van der Waals surface area contributed by atoms with E-state index in [2.05, 4.69) is 45.0 Å². The summed E-state index contributed by atoms with van der Waals surface area (Å²) in [6.07, 6.45) is 4.78. The third-order valence-corrected chi connectivity index (χ3v) is 12.9. The maximum Gasteiger partial charge on any atom is 0.258 e. The molecule has 7 rings (SSSR count). The summed E-state index contributed by atoms with van der Waals surface area (Å²) < 4.78 is 8.06. The van der Waals surface area contributed by atoms with Gasteiger partial charge in [-0.05, 0) is 102 Å². The van der Waals surface area contributed by atoms with E-state index < -0.39 is 5.54 Å². The van der Waals surface area contributed by atoms with Crippen LogP contribution in [0.5, 0.6) is 0 Å². The molecular formula is C42H52ClN9O5S. The molecule has 1 saturated carbocycles. The Morgan fingerprint density at radius 3 is 2.48 bits per heavy atom. The van der Waals surface area contributed by atoms with Crippen molar-refractivity contribution in [3.63, 3.8) is 0 Å². The number of nitrogens with zero attached hydrogens (tertiary/aromatic N) is 8. The molecule has 16 heteroatoms. The molecule has 2 aromatic carbocycles. The number of piperazine rings is 1. The van der Waals surface area contributed by atoms with Gasteiger partial charge in [-0.2, -0.15) is 10.4 Å². The number of halogens is 1. The molecule has 4 fully saturated rings. The number of hydrogen-bond acceptors (Lipinski definition) is 10. The van der Waals surface area contributed by atoms with Crippen LogP contribution in [0.4, 0.5) is 17.2 Å². The number of carbonyl (C=O) groups is 4. The minimum absolute atomic E-state index is 0.0599. The van der Waals surface area contributed by atoms with Gasteiger partial charge in [-0.25, -0.2) is 0 Å². The second kappa shape index (κ2) is 17.0. The zero-order valence-electron chi connectivity index (χ0n) is 33.9. The van der Waals surface area contributed by atoms with Gasteiger partial charge in [0.1, 0.15) is 17.4 Å². The van der Waals surface area contributed by atoms with Crippen molar-refractivity contribution in [1.82, 2.24) is 24.5 Å². The fourth-order valence-electron chi connectivity index (χ4n) is 9.27. The van der Waals surface area contributed by atoms with E-state index in [9.17, 15) is 24.4 Å². The predicted octanol–water partition coefficient (Wildman–Crippen LogP) is 5.26. The molecule has 0 bridgehead atoms. The quantitative estimate of drug-likeness (QED) is 0.154. The number of nitriles is 1. The highest BCUT2D eigenvalue weighted by Gasteiger charge is 2.52. The number of ketones is 1. The van der Waals surface area contributed by atoms with Gasteiger partial charge >= 0.3 is 0 Å².